The Bertz CT molecular complexity index is 925. The van der Waals surface area contributed by atoms with E-state index in [0.717, 1.165) is 22.3 Å². The molecule has 5 heteroatoms. The van der Waals surface area contributed by atoms with Crippen molar-refractivity contribution in [3.63, 3.8) is 0 Å². The second kappa shape index (κ2) is 5.25. The van der Waals surface area contributed by atoms with Gasteiger partial charge in [0.2, 0.25) is 0 Å². The van der Waals surface area contributed by atoms with Gasteiger partial charge in [0.25, 0.3) is 0 Å². The molecule has 1 unspecified atom stereocenters. The molecule has 3 rings (SSSR count). The zero-order valence-corrected chi connectivity index (χ0v) is 13.6. The van der Waals surface area contributed by atoms with Crippen molar-refractivity contribution in [1.82, 2.24) is 9.55 Å². The number of sulfone groups is 1. The first-order valence-electron chi connectivity index (χ1n) is 7.10. The summed E-state index contributed by atoms with van der Waals surface area (Å²) in [5, 5.41) is 1.11. The summed E-state index contributed by atoms with van der Waals surface area (Å²) in [7, 11) is -3.16. The van der Waals surface area contributed by atoms with Crippen molar-refractivity contribution in [3.05, 3.63) is 59.9 Å². The van der Waals surface area contributed by atoms with E-state index in [9.17, 15) is 8.42 Å². The van der Waals surface area contributed by atoms with Crippen LogP contribution >= 0.6 is 0 Å². The van der Waals surface area contributed by atoms with Gasteiger partial charge in [-0.3, -0.25) is 0 Å². The lowest BCUT2D eigenvalue weighted by Crippen LogP contribution is -2.09. The third-order valence-electron chi connectivity index (χ3n) is 3.97. The van der Waals surface area contributed by atoms with Crippen molar-refractivity contribution in [1.29, 1.82) is 0 Å². The van der Waals surface area contributed by atoms with E-state index >= 15 is 0 Å². The van der Waals surface area contributed by atoms with Crippen molar-refractivity contribution in [2.45, 2.75) is 24.8 Å². The second-order valence-electron chi connectivity index (χ2n) is 5.59. The molecule has 0 N–H and O–H groups in total. The maximum atomic E-state index is 11.6. The van der Waals surface area contributed by atoms with Gasteiger partial charge in [0.15, 0.2) is 9.84 Å². The van der Waals surface area contributed by atoms with Crippen molar-refractivity contribution in [2.75, 3.05) is 6.26 Å². The molecule has 0 amide bonds. The first-order valence-corrected chi connectivity index (χ1v) is 8.99. The van der Waals surface area contributed by atoms with Gasteiger partial charge in [-0.2, -0.15) is 0 Å². The van der Waals surface area contributed by atoms with Gasteiger partial charge in [0, 0.05) is 23.5 Å². The summed E-state index contributed by atoms with van der Waals surface area (Å²) in [5.41, 5.74) is 3.13. The average molecular weight is 314 g/mol. The van der Waals surface area contributed by atoms with E-state index in [1.807, 2.05) is 24.3 Å². The highest BCUT2D eigenvalue weighted by Crippen LogP contribution is 2.27. The van der Waals surface area contributed by atoms with E-state index < -0.39 is 9.84 Å². The Morgan fingerprint density at radius 2 is 1.82 bits per heavy atom. The van der Waals surface area contributed by atoms with Crippen LogP contribution in [0.15, 0.2) is 53.6 Å². The molecule has 1 atom stereocenters. The summed E-state index contributed by atoms with van der Waals surface area (Å²) in [6, 6.07) is 13.2. The summed E-state index contributed by atoms with van der Waals surface area (Å²) in [4.78, 5) is 4.82. The maximum absolute atomic E-state index is 11.6. The number of aryl methyl sites for hydroxylation is 1. The van der Waals surface area contributed by atoms with Crippen LogP contribution in [0.25, 0.3) is 11.0 Å². The largest absolute Gasteiger partial charge is 0.323 e. The molecule has 2 heterocycles. The molecule has 2 aromatic heterocycles. The highest BCUT2D eigenvalue weighted by Gasteiger charge is 2.15. The number of benzene rings is 1. The van der Waals surface area contributed by atoms with Crippen LogP contribution in [0.2, 0.25) is 0 Å². The quantitative estimate of drug-likeness (QED) is 0.745. The minimum Gasteiger partial charge on any atom is -0.323 e. The summed E-state index contributed by atoms with van der Waals surface area (Å²) in [5.74, 6) is 0. The van der Waals surface area contributed by atoms with Gasteiger partial charge in [-0.1, -0.05) is 12.1 Å². The average Bonchev–Trinajstić information content (AvgIpc) is 2.81. The molecule has 0 aliphatic carbocycles. The van der Waals surface area contributed by atoms with Crippen LogP contribution in [0.5, 0.6) is 0 Å². The normalized spacial score (nSPS) is 13.4. The van der Waals surface area contributed by atoms with Crippen LogP contribution in [0.3, 0.4) is 0 Å². The molecular formula is C17H18N2O2S. The summed E-state index contributed by atoms with van der Waals surface area (Å²) in [6.45, 7) is 4.15. The summed E-state index contributed by atoms with van der Waals surface area (Å²) >= 11 is 0. The highest BCUT2D eigenvalue weighted by atomic mass is 32.2. The SMILES string of the molecule is Cc1cc2cccnc2n1C(C)c1ccc(S(C)(=O)=O)cc1. The van der Waals surface area contributed by atoms with Crippen LogP contribution in [-0.4, -0.2) is 24.2 Å². The monoisotopic (exact) mass is 314 g/mol. The number of hydrogen-bond donors (Lipinski definition) is 0. The molecule has 114 valence electrons. The van der Waals surface area contributed by atoms with Gasteiger partial charge in [-0.05, 0) is 49.7 Å². The zero-order valence-electron chi connectivity index (χ0n) is 12.8. The van der Waals surface area contributed by atoms with Crippen LogP contribution in [0.1, 0.15) is 24.2 Å². The van der Waals surface area contributed by atoms with Gasteiger partial charge in [0.05, 0.1) is 10.9 Å². The van der Waals surface area contributed by atoms with E-state index in [4.69, 9.17) is 0 Å². The highest BCUT2D eigenvalue weighted by molar-refractivity contribution is 7.90. The topological polar surface area (TPSA) is 52.0 Å². The molecule has 0 radical (unpaired) electrons. The molecular weight excluding hydrogens is 296 g/mol. The number of fused-ring (bicyclic) bond motifs is 1. The Morgan fingerprint density at radius 3 is 2.45 bits per heavy atom. The van der Waals surface area contributed by atoms with Gasteiger partial charge < -0.3 is 4.57 Å². The smallest absolute Gasteiger partial charge is 0.175 e. The van der Waals surface area contributed by atoms with Crippen molar-refractivity contribution >= 4 is 20.9 Å². The van der Waals surface area contributed by atoms with E-state index in [0.29, 0.717) is 4.90 Å². The fourth-order valence-corrected chi connectivity index (χ4v) is 3.45. The number of aromatic nitrogens is 2. The van der Waals surface area contributed by atoms with Crippen molar-refractivity contribution in [3.8, 4) is 0 Å². The molecule has 0 saturated heterocycles. The van der Waals surface area contributed by atoms with Crippen LogP contribution in [0, 0.1) is 6.92 Å². The minimum absolute atomic E-state index is 0.0843. The summed E-state index contributed by atoms with van der Waals surface area (Å²) < 4.78 is 25.3. The molecule has 4 nitrogen and oxygen atoms in total. The van der Waals surface area contributed by atoms with Gasteiger partial charge in [0.1, 0.15) is 5.65 Å². The van der Waals surface area contributed by atoms with E-state index in [-0.39, 0.29) is 6.04 Å². The lowest BCUT2D eigenvalue weighted by molar-refractivity contribution is 0.601. The third-order valence-corrected chi connectivity index (χ3v) is 5.10. The lowest BCUT2D eigenvalue weighted by atomic mass is 10.1. The van der Waals surface area contributed by atoms with E-state index in [1.165, 1.54) is 6.26 Å². The fourth-order valence-electron chi connectivity index (χ4n) is 2.82. The molecule has 0 saturated carbocycles. The van der Waals surface area contributed by atoms with E-state index in [2.05, 4.69) is 29.5 Å². The predicted octanol–water partition coefficient (Wildman–Crippen LogP) is 3.36. The Balaban J connectivity index is 2.06. The number of pyridine rings is 1. The van der Waals surface area contributed by atoms with Crippen molar-refractivity contribution in [2.24, 2.45) is 0 Å². The molecule has 0 aliphatic rings. The lowest BCUT2D eigenvalue weighted by Gasteiger charge is -2.17. The molecule has 0 spiro atoms. The molecule has 0 aliphatic heterocycles. The Hall–Kier alpha value is -2.14. The molecule has 0 bridgehead atoms. The maximum Gasteiger partial charge on any atom is 0.175 e. The first-order chi connectivity index (χ1) is 10.4. The number of rotatable bonds is 3. The molecule has 3 aromatic rings. The standard InChI is InChI=1S/C17H18N2O2S/c1-12-11-15-5-4-10-18-17(15)19(12)13(2)14-6-8-16(9-7-14)22(3,20)21/h4-11,13H,1-3H3. The van der Waals surface area contributed by atoms with Crippen LogP contribution in [-0.2, 0) is 9.84 Å². The zero-order chi connectivity index (χ0) is 15.9. The minimum atomic E-state index is -3.16. The van der Waals surface area contributed by atoms with Crippen LogP contribution in [0.4, 0.5) is 0 Å². The molecule has 22 heavy (non-hydrogen) atoms. The molecule has 1 aromatic carbocycles. The Kier molecular flexibility index (Phi) is 3.53. The Labute approximate surface area is 130 Å². The van der Waals surface area contributed by atoms with E-state index in [1.54, 1.807) is 18.3 Å². The third kappa shape index (κ3) is 2.52. The van der Waals surface area contributed by atoms with Crippen LogP contribution < -0.4 is 0 Å². The number of nitrogens with zero attached hydrogens (tertiary/aromatic N) is 2. The van der Waals surface area contributed by atoms with Gasteiger partial charge >= 0.3 is 0 Å². The predicted molar refractivity (Wildman–Crippen MR) is 87.8 cm³/mol. The van der Waals surface area contributed by atoms with Gasteiger partial charge in [-0.15, -0.1) is 0 Å². The van der Waals surface area contributed by atoms with Crippen molar-refractivity contribution < 1.29 is 8.42 Å². The fraction of sp³-hybridized carbons (Fsp3) is 0.235. The number of hydrogen-bond acceptors (Lipinski definition) is 3. The second-order valence-corrected chi connectivity index (χ2v) is 7.60. The Morgan fingerprint density at radius 1 is 1.14 bits per heavy atom. The first kappa shape index (κ1) is 14.8. The summed E-state index contributed by atoms with van der Waals surface area (Å²) in [6.07, 6.45) is 3.01. The van der Waals surface area contributed by atoms with Gasteiger partial charge in [-0.25, -0.2) is 13.4 Å². The molecule has 0 fully saturated rings.